The Morgan fingerprint density at radius 1 is 1.47 bits per heavy atom. The Bertz CT molecular complexity index is 306. The zero-order valence-electron chi connectivity index (χ0n) is 10.2. The van der Waals surface area contributed by atoms with Gasteiger partial charge in [0.05, 0.1) is 12.1 Å². The van der Waals surface area contributed by atoms with Crippen molar-refractivity contribution >= 4 is 11.9 Å². The van der Waals surface area contributed by atoms with E-state index < -0.39 is 24.2 Å². The molecule has 1 aliphatic rings. The Labute approximate surface area is 100 Å². The van der Waals surface area contributed by atoms with Crippen molar-refractivity contribution in [1.29, 1.82) is 0 Å². The van der Waals surface area contributed by atoms with E-state index in [4.69, 9.17) is 10.8 Å². The number of aliphatic carboxylic acids is 1. The average Bonchev–Trinajstić information content (AvgIpc) is 2.58. The highest BCUT2D eigenvalue weighted by Gasteiger charge is 2.40. The van der Waals surface area contributed by atoms with Gasteiger partial charge in [0.1, 0.15) is 6.04 Å². The van der Waals surface area contributed by atoms with Crippen LogP contribution < -0.4 is 5.73 Å². The summed E-state index contributed by atoms with van der Waals surface area (Å²) in [4.78, 5) is 24.1. The van der Waals surface area contributed by atoms with Gasteiger partial charge in [0, 0.05) is 13.0 Å². The molecule has 1 fully saturated rings. The van der Waals surface area contributed by atoms with E-state index in [-0.39, 0.29) is 24.8 Å². The Balaban J connectivity index is 2.70. The average molecular weight is 244 g/mol. The van der Waals surface area contributed by atoms with E-state index in [1.807, 2.05) is 13.8 Å². The molecule has 1 heterocycles. The van der Waals surface area contributed by atoms with Gasteiger partial charge in [0.25, 0.3) is 0 Å². The normalized spacial score (nSPS) is 26.3. The number of carbonyl (C=O) groups excluding carboxylic acids is 1. The van der Waals surface area contributed by atoms with Crippen LogP contribution >= 0.6 is 0 Å². The van der Waals surface area contributed by atoms with Crippen LogP contribution in [-0.4, -0.2) is 51.7 Å². The Kier molecular flexibility index (Phi) is 4.47. The van der Waals surface area contributed by atoms with Crippen LogP contribution in [0.1, 0.15) is 26.7 Å². The van der Waals surface area contributed by atoms with Crippen LogP contribution in [0.4, 0.5) is 0 Å². The van der Waals surface area contributed by atoms with Crippen LogP contribution in [0.15, 0.2) is 0 Å². The van der Waals surface area contributed by atoms with E-state index in [1.54, 1.807) is 0 Å². The van der Waals surface area contributed by atoms with Crippen molar-refractivity contribution in [2.24, 2.45) is 11.7 Å². The summed E-state index contributed by atoms with van der Waals surface area (Å²) in [5.41, 5.74) is 5.74. The number of aliphatic hydroxyl groups is 1. The molecule has 3 atom stereocenters. The lowest BCUT2D eigenvalue weighted by molar-refractivity contribution is -0.148. The molecule has 98 valence electrons. The third-order valence-electron chi connectivity index (χ3n) is 2.89. The smallest absolute Gasteiger partial charge is 0.326 e. The number of carboxylic acids is 1. The highest BCUT2D eigenvalue weighted by atomic mass is 16.4. The highest BCUT2D eigenvalue weighted by molar-refractivity contribution is 5.87. The van der Waals surface area contributed by atoms with Crippen LogP contribution in [0.25, 0.3) is 0 Å². The fourth-order valence-electron chi connectivity index (χ4n) is 2.11. The molecule has 0 aliphatic carbocycles. The molecule has 1 aliphatic heterocycles. The molecule has 6 nitrogen and oxygen atoms in total. The van der Waals surface area contributed by atoms with Crippen molar-refractivity contribution in [3.05, 3.63) is 0 Å². The van der Waals surface area contributed by atoms with Crippen LogP contribution in [0.2, 0.25) is 0 Å². The summed E-state index contributed by atoms with van der Waals surface area (Å²) >= 11 is 0. The third-order valence-corrected chi connectivity index (χ3v) is 2.89. The van der Waals surface area contributed by atoms with Gasteiger partial charge in [-0.05, 0) is 12.3 Å². The molecular weight excluding hydrogens is 224 g/mol. The molecule has 0 spiro atoms. The van der Waals surface area contributed by atoms with Gasteiger partial charge >= 0.3 is 5.97 Å². The van der Waals surface area contributed by atoms with Crippen LogP contribution in [0.5, 0.6) is 0 Å². The third kappa shape index (κ3) is 3.41. The first-order valence-corrected chi connectivity index (χ1v) is 5.79. The van der Waals surface area contributed by atoms with Gasteiger partial charge in [-0.1, -0.05) is 13.8 Å². The van der Waals surface area contributed by atoms with Gasteiger partial charge in [-0.2, -0.15) is 0 Å². The topological polar surface area (TPSA) is 104 Å². The van der Waals surface area contributed by atoms with E-state index >= 15 is 0 Å². The molecule has 4 N–H and O–H groups in total. The summed E-state index contributed by atoms with van der Waals surface area (Å²) in [6.45, 7) is 3.95. The van der Waals surface area contributed by atoms with Crippen molar-refractivity contribution in [1.82, 2.24) is 4.90 Å². The fraction of sp³-hybridized carbons (Fsp3) is 0.818. The number of β-amino-alcohol motifs (C(OH)–C–C–N with tert-alkyl or cyclic N) is 1. The van der Waals surface area contributed by atoms with Crippen molar-refractivity contribution in [2.75, 3.05) is 6.54 Å². The van der Waals surface area contributed by atoms with E-state index in [2.05, 4.69) is 0 Å². The predicted octanol–water partition coefficient (Wildman–Crippen LogP) is -0.594. The number of nitrogens with zero attached hydrogens (tertiary/aromatic N) is 1. The Hall–Kier alpha value is -1.14. The van der Waals surface area contributed by atoms with E-state index in [1.165, 1.54) is 4.90 Å². The monoisotopic (exact) mass is 244 g/mol. The van der Waals surface area contributed by atoms with Crippen molar-refractivity contribution in [2.45, 2.75) is 44.9 Å². The van der Waals surface area contributed by atoms with Gasteiger partial charge in [-0.25, -0.2) is 4.79 Å². The molecule has 1 saturated heterocycles. The molecular formula is C11H20N2O4. The zero-order valence-corrected chi connectivity index (χ0v) is 10.2. The molecule has 0 bridgehead atoms. The molecule has 1 rings (SSSR count). The summed E-state index contributed by atoms with van der Waals surface area (Å²) in [5, 5.41) is 18.4. The molecule has 6 heteroatoms. The number of likely N-dealkylation sites (tertiary alicyclic amines) is 1. The summed E-state index contributed by atoms with van der Waals surface area (Å²) in [6.07, 6.45) is -0.181. The largest absolute Gasteiger partial charge is 0.480 e. The van der Waals surface area contributed by atoms with Gasteiger partial charge in [0.2, 0.25) is 5.91 Å². The lowest BCUT2D eigenvalue weighted by Gasteiger charge is -2.25. The van der Waals surface area contributed by atoms with Crippen molar-refractivity contribution in [3.8, 4) is 0 Å². The van der Waals surface area contributed by atoms with E-state index in [0.29, 0.717) is 6.42 Å². The first-order chi connectivity index (χ1) is 7.82. The number of carboxylic acid groups (broad SMARTS) is 1. The molecule has 0 saturated carbocycles. The van der Waals surface area contributed by atoms with Gasteiger partial charge < -0.3 is 20.8 Å². The minimum atomic E-state index is -1.09. The van der Waals surface area contributed by atoms with Crippen molar-refractivity contribution in [3.63, 3.8) is 0 Å². The second-order valence-electron chi connectivity index (χ2n) is 4.97. The summed E-state index contributed by atoms with van der Waals surface area (Å²) in [5.74, 6) is -1.21. The number of amides is 1. The zero-order chi connectivity index (χ0) is 13.2. The maximum atomic E-state index is 12.0. The van der Waals surface area contributed by atoms with Gasteiger partial charge in [-0.3, -0.25) is 4.79 Å². The number of rotatable bonds is 4. The number of nitrogens with two attached hydrogens (primary N) is 1. The highest BCUT2D eigenvalue weighted by Crippen LogP contribution is 2.20. The minimum absolute atomic E-state index is 0.0571. The summed E-state index contributed by atoms with van der Waals surface area (Å²) < 4.78 is 0. The van der Waals surface area contributed by atoms with Gasteiger partial charge in [0.15, 0.2) is 0 Å². The molecule has 0 unspecified atom stereocenters. The molecule has 0 aromatic carbocycles. The summed E-state index contributed by atoms with van der Waals surface area (Å²) in [7, 11) is 0. The molecule has 0 aromatic rings. The first kappa shape index (κ1) is 13.9. The molecule has 1 amide bonds. The first-order valence-electron chi connectivity index (χ1n) is 5.79. The van der Waals surface area contributed by atoms with Crippen molar-refractivity contribution < 1.29 is 19.8 Å². The quantitative estimate of drug-likeness (QED) is 0.613. The standard InChI is InChI=1S/C11H20N2O4/c1-6(2)3-8(12)10(15)13-5-7(14)4-9(13)11(16)17/h6-9,14H,3-5,12H2,1-2H3,(H,16,17)/t7-,8-,9-/m0/s1. The number of aliphatic hydroxyl groups excluding tert-OH is 1. The Morgan fingerprint density at radius 3 is 2.53 bits per heavy atom. The van der Waals surface area contributed by atoms with E-state index in [9.17, 15) is 14.7 Å². The number of carbonyl (C=O) groups is 2. The molecule has 0 radical (unpaired) electrons. The molecule has 0 aromatic heterocycles. The maximum absolute atomic E-state index is 12.0. The Morgan fingerprint density at radius 2 is 2.06 bits per heavy atom. The number of hydrogen-bond acceptors (Lipinski definition) is 4. The van der Waals surface area contributed by atoms with Crippen LogP contribution in [0, 0.1) is 5.92 Å². The summed E-state index contributed by atoms with van der Waals surface area (Å²) in [6, 6.07) is -1.64. The van der Waals surface area contributed by atoms with E-state index in [0.717, 1.165) is 0 Å². The fourth-order valence-corrected chi connectivity index (χ4v) is 2.11. The lowest BCUT2D eigenvalue weighted by Crippen LogP contribution is -2.49. The second kappa shape index (κ2) is 5.46. The second-order valence-corrected chi connectivity index (χ2v) is 4.97. The van der Waals surface area contributed by atoms with Gasteiger partial charge in [-0.15, -0.1) is 0 Å². The minimum Gasteiger partial charge on any atom is -0.480 e. The maximum Gasteiger partial charge on any atom is 0.326 e. The predicted molar refractivity (Wildman–Crippen MR) is 61.2 cm³/mol. The van der Waals surface area contributed by atoms with Crippen LogP contribution in [-0.2, 0) is 9.59 Å². The number of hydrogen-bond donors (Lipinski definition) is 3. The van der Waals surface area contributed by atoms with Crippen LogP contribution in [0.3, 0.4) is 0 Å². The SMILES string of the molecule is CC(C)C[C@H](N)C(=O)N1C[C@@H](O)C[C@H]1C(=O)O. The lowest BCUT2D eigenvalue weighted by atomic mass is 10.0. The molecule has 17 heavy (non-hydrogen) atoms.